The largest absolute Gasteiger partial charge is 0.359 e. The van der Waals surface area contributed by atoms with Gasteiger partial charge in [0.1, 0.15) is 0 Å². The van der Waals surface area contributed by atoms with Crippen LogP contribution in [0.25, 0.3) is 0 Å². The zero-order valence-electron chi connectivity index (χ0n) is 8.59. The summed E-state index contributed by atoms with van der Waals surface area (Å²) in [6.45, 7) is 2.08. The summed E-state index contributed by atoms with van der Waals surface area (Å²) in [6, 6.07) is 0. The predicted octanol–water partition coefficient (Wildman–Crippen LogP) is 0.203. The second kappa shape index (κ2) is 3.52. The molecule has 0 amide bonds. The van der Waals surface area contributed by atoms with Crippen molar-refractivity contribution >= 4 is 5.82 Å². The molecule has 3 N–H and O–H groups in total. The van der Waals surface area contributed by atoms with Gasteiger partial charge in [-0.1, -0.05) is 6.92 Å². The molecule has 6 nitrogen and oxygen atoms in total. The summed E-state index contributed by atoms with van der Waals surface area (Å²) in [6.07, 6.45) is 4.21. The summed E-state index contributed by atoms with van der Waals surface area (Å²) in [5.74, 6) is 0.205. The van der Waals surface area contributed by atoms with Crippen LogP contribution in [-0.2, 0) is 0 Å². The van der Waals surface area contributed by atoms with Gasteiger partial charge in [-0.15, -0.1) is 5.10 Å². The molecular formula is C9H14N4O2. The van der Waals surface area contributed by atoms with Crippen LogP contribution in [-0.4, -0.2) is 20.7 Å². The SMILES string of the molecule is CCC1(Nc2n[nH]c(=O)[nH]c2=O)CCC1. The first kappa shape index (κ1) is 9.95. The molecule has 15 heavy (non-hydrogen) atoms. The number of nitrogens with zero attached hydrogens (tertiary/aromatic N) is 1. The van der Waals surface area contributed by atoms with Crippen molar-refractivity contribution in [1.82, 2.24) is 15.2 Å². The van der Waals surface area contributed by atoms with Gasteiger partial charge in [-0.3, -0.25) is 9.78 Å². The van der Waals surface area contributed by atoms with Gasteiger partial charge < -0.3 is 5.32 Å². The molecule has 82 valence electrons. The summed E-state index contributed by atoms with van der Waals surface area (Å²) in [7, 11) is 0. The van der Waals surface area contributed by atoms with E-state index >= 15 is 0 Å². The van der Waals surface area contributed by atoms with E-state index in [0.29, 0.717) is 0 Å². The van der Waals surface area contributed by atoms with E-state index in [-0.39, 0.29) is 11.4 Å². The lowest BCUT2D eigenvalue weighted by Gasteiger charge is -2.41. The normalized spacial score (nSPS) is 18.2. The van der Waals surface area contributed by atoms with Crippen molar-refractivity contribution < 1.29 is 0 Å². The average Bonchev–Trinajstić information content (AvgIpc) is 2.14. The third kappa shape index (κ3) is 1.79. The first-order valence-electron chi connectivity index (χ1n) is 5.12. The van der Waals surface area contributed by atoms with Crippen LogP contribution >= 0.6 is 0 Å². The monoisotopic (exact) mass is 210 g/mol. The Morgan fingerprint density at radius 3 is 2.67 bits per heavy atom. The maximum Gasteiger partial charge on any atom is 0.342 e. The van der Waals surface area contributed by atoms with Crippen LogP contribution in [0.1, 0.15) is 32.6 Å². The standard InChI is InChI=1S/C9H14N4O2/c1-2-9(4-3-5-9)11-6-7(14)10-8(15)13-12-6/h2-5H2,1H3,(H,11,12)(H2,10,13,14,15). The number of rotatable bonds is 3. The van der Waals surface area contributed by atoms with Crippen LogP contribution in [0.2, 0.25) is 0 Å². The quantitative estimate of drug-likeness (QED) is 0.664. The lowest BCUT2D eigenvalue weighted by atomic mass is 9.75. The molecule has 1 aromatic rings. The molecule has 0 aliphatic heterocycles. The second-order valence-corrected chi connectivity index (χ2v) is 3.97. The van der Waals surface area contributed by atoms with Crippen LogP contribution in [0.15, 0.2) is 9.59 Å². The maximum atomic E-state index is 11.4. The van der Waals surface area contributed by atoms with Gasteiger partial charge in [0.2, 0.25) is 5.82 Å². The Morgan fingerprint density at radius 2 is 2.20 bits per heavy atom. The van der Waals surface area contributed by atoms with Crippen molar-refractivity contribution in [2.45, 2.75) is 38.1 Å². The van der Waals surface area contributed by atoms with Crippen LogP contribution in [0, 0.1) is 0 Å². The Morgan fingerprint density at radius 1 is 1.47 bits per heavy atom. The van der Waals surface area contributed by atoms with E-state index in [0.717, 1.165) is 19.3 Å². The molecule has 0 bridgehead atoms. The number of anilines is 1. The molecule has 1 saturated carbocycles. The molecule has 0 saturated heterocycles. The molecule has 2 rings (SSSR count). The fourth-order valence-electron chi connectivity index (χ4n) is 1.85. The first-order chi connectivity index (χ1) is 7.15. The smallest absolute Gasteiger partial charge is 0.342 e. The Hall–Kier alpha value is -1.59. The molecule has 0 aromatic carbocycles. The molecule has 1 aromatic heterocycles. The first-order valence-corrected chi connectivity index (χ1v) is 5.12. The Labute approximate surface area is 86.1 Å². The highest BCUT2D eigenvalue weighted by molar-refractivity contribution is 5.34. The van der Waals surface area contributed by atoms with Crippen LogP contribution in [0.5, 0.6) is 0 Å². The summed E-state index contributed by atoms with van der Waals surface area (Å²) in [4.78, 5) is 24.3. The van der Waals surface area contributed by atoms with Crippen LogP contribution < -0.4 is 16.6 Å². The average molecular weight is 210 g/mol. The van der Waals surface area contributed by atoms with Gasteiger partial charge >= 0.3 is 5.69 Å². The van der Waals surface area contributed by atoms with Gasteiger partial charge in [0.25, 0.3) is 5.56 Å². The van der Waals surface area contributed by atoms with Crippen molar-refractivity contribution in [2.24, 2.45) is 0 Å². The van der Waals surface area contributed by atoms with Gasteiger partial charge in [-0.25, -0.2) is 9.89 Å². The lowest BCUT2D eigenvalue weighted by molar-refractivity contribution is 0.268. The highest BCUT2D eigenvalue weighted by Gasteiger charge is 2.35. The van der Waals surface area contributed by atoms with Gasteiger partial charge in [0, 0.05) is 5.54 Å². The fraction of sp³-hybridized carbons (Fsp3) is 0.667. The second-order valence-electron chi connectivity index (χ2n) is 3.97. The number of aromatic amines is 2. The van der Waals surface area contributed by atoms with Gasteiger partial charge in [-0.05, 0) is 25.7 Å². The van der Waals surface area contributed by atoms with E-state index in [9.17, 15) is 9.59 Å². The van der Waals surface area contributed by atoms with Crippen molar-refractivity contribution in [2.75, 3.05) is 5.32 Å². The predicted molar refractivity (Wildman–Crippen MR) is 56.0 cm³/mol. The number of aromatic nitrogens is 3. The van der Waals surface area contributed by atoms with E-state index < -0.39 is 11.2 Å². The lowest BCUT2D eigenvalue weighted by Crippen LogP contribution is -2.46. The maximum absolute atomic E-state index is 11.4. The number of hydrogen-bond acceptors (Lipinski definition) is 4. The minimum atomic E-state index is -0.579. The molecule has 0 unspecified atom stereocenters. The Kier molecular flexibility index (Phi) is 2.34. The molecule has 1 heterocycles. The van der Waals surface area contributed by atoms with E-state index in [1.165, 1.54) is 6.42 Å². The van der Waals surface area contributed by atoms with Crippen molar-refractivity contribution in [1.29, 1.82) is 0 Å². The molecule has 1 aliphatic rings. The van der Waals surface area contributed by atoms with Gasteiger partial charge in [0.05, 0.1) is 0 Å². The Balaban J connectivity index is 2.24. The van der Waals surface area contributed by atoms with Gasteiger partial charge in [-0.2, -0.15) is 0 Å². The summed E-state index contributed by atoms with van der Waals surface area (Å²) in [5.41, 5.74) is -1.04. The highest BCUT2D eigenvalue weighted by Crippen LogP contribution is 2.36. The molecule has 0 atom stereocenters. The minimum absolute atomic E-state index is 0.00175. The van der Waals surface area contributed by atoms with Crippen molar-refractivity contribution in [3.05, 3.63) is 20.8 Å². The van der Waals surface area contributed by atoms with Crippen LogP contribution in [0.4, 0.5) is 5.82 Å². The summed E-state index contributed by atoms with van der Waals surface area (Å²) >= 11 is 0. The third-order valence-corrected chi connectivity index (χ3v) is 3.08. The number of hydrogen-bond donors (Lipinski definition) is 3. The molecule has 6 heteroatoms. The molecule has 0 spiro atoms. The highest BCUT2D eigenvalue weighted by atomic mass is 16.2. The molecular weight excluding hydrogens is 196 g/mol. The summed E-state index contributed by atoms with van der Waals surface area (Å²) < 4.78 is 0. The number of nitrogens with one attached hydrogen (secondary N) is 3. The van der Waals surface area contributed by atoms with Crippen molar-refractivity contribution in [3.63, 3.8) is 0 Å². The van der Waals surface area contributed by atoms with Crippen LogP contribution in [0.3, 0.4) is 0 Å². The molecule has 1 fully saturated rings. The fourth-order valence-corrected chi connectivity index (χ4v) is 1.85. The summed E-state index contributed by atoms with van der Waals surface area (Å²) in [5, 5.41) is 9.02. The van der Waals surface area contributed by atoms with E-state index in [2.05, 4.69) is 27.4 Å². The minimum Gasteiger partial charge on any atom is -0.359 e. The van der Waals surface area contributed by atoms with Gasteiger partial charge in [0.15, 0.2) is 0 Å². The van der Waals surface area contributed by atoms with E-state index in [1.54, 1.807) is 0 Å². The number of H-pyrrole nitrogens is 2. The zero-order valence-corrected chi connectivity index (χ0v) is 8.59. The third-order valence-electron chi connectivity index (χ3n) is 3.08. The van der Waals surface area contributed by atoms with E-state index in [1.807, 2.05) is 0 Å². The molecule has 0 radical (unpaired) electrons. The topological polar surface area (TPSA) is 90.6 Å². The van der Waals surface area contributed by atoms with E-state index in [4.69, 9.17) is 0 Å². The molecule has 1 aliphatic carbocycles. The Bertz CT molecular complexity index is 452. The van der Waals surface area contributed by atoms with Crippen molar-refractivity contribution in [3.8, 4) is 0 Å². The zero-order chi connectivity index (χ0) is 10.9.